The van der Waals surface area contributed by atoms with Gasteiger partial charge in [-0.3, -0.25) is 14.9 Å². The van der Waals surface area contributed by atoms with Crippen molar-refractivity contribution in [2.75, 3.05) is 13.1 Å². The Morgan fingerprint density at radius 3 is 2.57 bits per heavy atom. The molecule has 21 heavy (non-hydrogen) atoms. The van der Waals surface area contributed by atoms with E-state index in [9.17, 15) is 19.3 Å². The fraction of sp³-hybridized carbons (Fsp3) is 0.533. The maximum Gasteiger partial charge on any atom is 0.304 e. The summed E-state index contributed by atoms with van der Waals surface area (Å²) < 4.78 is 13.6. The highest BCUT2D eigenvalue weighted by molar-refractivity contribution is 5.94. The fourth-order valence-electron chi connectivity index (χ4n) is 2.91. The van der Waals surface area contributed by atoms with Gasteiger partial charge in [0.25, 0.3) is 5.91 Å². The van der Waals surface area contributed by atoms with Gasteiger partial charge in [-0.15, -0.1) is 0 Å². The van der Waals surface area contributed by atoms with Gasteiger partial charge in [-0.25, -0.2) is 0 Å². The first-order chi connectivity index (χ1) is 9.92. The van der Waals surface area contributed by atoms with E-state index in [1.54, 1.807) is 4.90 Å². The number of nitro benzene ring substituents is 1. The van der Waals surface area contributed by atoms with Crippen LogP contribution in [0.4, 0.5) is 10.1 Å². The average molecular weight is 294 g/mol. The molecule has 0 unspecified atom stereocenters. The molecular weight excluding hydrogens is 275 g/mol. The Kier molecular flexibility index (Phi) is 4.25. The molecule has 0 aliphatic carbocycles. The standard InChI is InChI=1S/C15H19FN2O3/c1-3-15(4-2)7-8-17(10-15)14(19)11-5-6-13(18(20)21)12(16)9-11/h5-6,9H,3-4,7-8,10H2,1-2H3. The van der Waals surface area contributed by atoms with E-state index >= 15 is 0 Å². The van der Waals surface area contributed by atoms with Gasteiger partial charge in [0.2, 0.25) is 5.82 Å². The zero-order chi connectivity index (χ0) is 15.6. The normalized spacial score (nSPS) is 17.0. The highest BCUT2D eigenvalue weighted by Gasteiger charge is 2.37. The maximum atomic E-state index is 13.6. The van der Waals surface area contributed by atoms with Crippen molar-refractivity contribution < 1.29 is 14.1 Å². The molecule has 0 N–H and O–H groups in total. The van der Waals surface area contributed by atoms with Crippen LogP contribution < -0.4 is 0 Å². The lowest BCUT2D eigenvalue weighted by atomic mass is 9.82. The Bertz CT molecular complexity index is 570. The highest BCUT2D eigenvalue weighted by Crippen LogP contribution is 2.37. The second-order valence-corrected chi connectivity index (χ2v) is 5.61. The molecule has 1 fully saturated rings. The maximum absolute atomic E-state index is 13.6. The number of benzene rings is 1. The zero-order valence-electron chi connectivity index (χ0n) is 12.3. The number of carbonyl (C=O) groups is 1. The number of carbonyl (C=O) groups excluding carboxylic acids is 1. The molecule has 1 aromatic rings. The van der Waals surface area contributed by atoms with Crippen LogP contribution in [0.5, 0.6) is 0 Å². The summed E-state index contributed by atoms with van der Waals surface area (Å²) in [6.45, 7) is 5.54. The number of hydrogen-bond donors (Lipinski definition) is 0. The molecule has 1 amide bonds. The predicted molar refractivity (Wildman–Crippen MR) is 76.6 cm³/mol. The van der Waals surface area contributed by atoms with Gasteiger partial charge >= 0.3 is 5.69 Å². The third-order valence-corrected chi connectivity index (χ3v) is 4.62. The molecule has 0 atom stereocenters. The summed E-state index contributed by atoms with van der Waals surface area (Å²) >= 11 is 0. The minimum absolute atomic E-state index is 0.148. The van der Waals surface area contributed by atoms with Crippen LogP contribution in [0.15, 0.2) is 18.2 Å². The van der Waals surface area contributed by atoms with Crippen LogP contribution in [0.2, 0.25) is 0 Å². The summed E-state index contributed by atoms with van der Waals surface area (Å²) in [6, 6.07) is 3.32. The number of rotatable bonds is 4. The number of nitrogens with zero attached hydrogens (tertiary/aromatic N) is 2. The molecule has 5 nitrogen and oxygen atoms in total. The number of nitro groups is 1. The molecule has 1 heterocycles. The minimum Gasteiger partial charge on any atom is -0.338 e. The number of amides is 1. The summed E-state index contributed by atoms with van der Waals surface area (Å²) in [5.74, 6) is -1.23. The van der Waals surface area contributed by atoms with Crippen molar-refractivity contribution in [2.45, 2.75) is 33.1 Å². The van der Waals surface area contributed by atoms with Gasteiger partial charge in [-0.2, -0.15) is 4.39 Å². The molecule has 0 spiro atoms. The first-order valence-electron chi connectivity index (χ1n) is 7.15. The van der Waals surface area contributed by atoms with Crippen LogP contribution in [0.25, 0.3) is 0 Å². The SMILES string of the molecule is CCC1(CC)CCN(C(=O)c2ccc([N+](=O)[O-])c(F)c2)C1. The molecular formula is C15H19FN2O3. The molecule has 0 radical (unpaired) electrons. The van der Waals surface area contributed by atoms with Gasteiger partial charge in [-0.1, -0.05) is 13.8 Å². The third-order valence-electron chi connectivity index (χ3n) is 4.62. The van der Waals surface area contributed by atoms with Crippen molar-refractivity contribution in [1.29, 1.82) is 0 Å². The average Bonchev–Trinajstić information content (AvgIpc) is 2.91. The topological polar surface area (TPSA) is 63.5 Å². The smallest absolute Gasteiger partial charge is 0.304 e. The van der Waals surface area contributed by atoms with Gasteiger partial charge in [-0.05, 0) is 36.8 Å². The molecule has 0 bridgehead atoms. The summed E-state index contributed by atoms with van der Waals surface area (Å²) in [4.78, 5) is 23.9. The molecule has 6 heteroatoms. The molecule has 1 aliphatic rings. The van der Waals surface area contributed by atoms with Gasteiger partial charge in [0.15, 0.2) is 0 Å². The number of halogens is 1. The Labute approximate surface area is 122 Å². The van der Waals surface area contributed by atoms with E-state index in [1.807, 2.05) is 0 Å². The van der Waals surface area contributed by atoms with Crippen LogP contribution in [-0.4, -0.2) is 28.8 Å². The highest BCUT2D eigenvalue weighted by atomic mass is 19.1. The van der Waals surface area contributed by atoms with Gasteiger partial charge < -0.3 is 4.90 Å². The zero-order valence-corrected chi connectivity index (χ0v) is 12.3. The third kappa shape index (κ3) is 2.89. The molecule has 1 aromatic carbocycles. The monoisotopic (exact) mass is 294 g/mol. The number of hydrogen-bond acceptors (Lipinski definition) is 3. The van der Waals surface area contributed by atoms with Crippen molar-refractivity contribution in [3.63, 3.8) is 0 Å². The Morgan fingerprint density at radius 2 is 2.10 bits per heavy atom. The van der Waals surface area contributed by atoms with E-state index in [0.717, 1.165) is 31.4 Å². The Hall–Kier alpha value is -1.98. The van der Waals surface area contributed by atoms with Gasteiger partial charge in [0.1, 0.15) is 0 Å². The van der Waals surface area contributed by atoms with Gasteiger partial charge in [0, 0.05) is 24.7 Å². The van der Waals surface area contributed by atoms with E-state index in [0.29, 0.717) is 13.1 Å². The minimum atomic E-state index is -0.970. The lowest BCUT2D eigenvalue weighted by Crippen LogP contribution is -2.31. The fourth-order valence-corrected chi connectivity index (χ4v) is 2.91. The summed E-state index contributed by atoms with van der Waals surface area (Å²) in [7, 11) is 0. The Morgan fingerprint density at radius 1 is 1.43 bits per heavy atom. The van der Waals surface area contributed by atoms with Crippen LogP contribution in [0.3, 0.4) is 0 Å². The Balaban J connectivity index is 2.18. The van der Waals surface area contributed by atoms with Crippen LogP contribution in [0.1, 0.15) is 43.5 Å². The first-order valence-corrected chi connectivity index (χ1v) is 7.15. The van der Waals surface area contributed by atoms with Crippen molar-refractivity contribution in [3.05, 3.63) is 39.7 Å². The second kappa shape index (κ2) is 5.79. The van der Waals surface area contributed by atoms with E-state index in [4.69, 9.17) is 0 Å². The van der Waals surface area contributed by atoms with E-state index in [1.165, 1.54) is 6.07 Å². The van der Waals surface area contributed by atoms with Crippen LogP contribution in [0, 0.1) is 21.3 Å². The lowest BCUT2D eigenvalue weighted by molar-refractivity contribution is -0.387. The van der Waals surface area contributed by atoms with E-state index < -0.39 is 16.4 Å². The van der Waals surface area contributed by atoms with Crippen molar-refractivity contribution in [3.8, 4) is 0 Å². The van der Waals surface area contributed by atoms with Gasteiger partial charge in [0.05, 0.1) is 4.92 Å². The molecule has 1 aliphatic heterocycles. The summed E-state index contributed by atoms with van der Waals surface area (Å²) in [6.07, 6.45) is 2.95. The predicted octanol–water partition coefficient (Wildman–Crippen LogP) is 3.39. The molecule has 0 saturated carbocycles. The van der Waals surface area contributed by atoms with Crippen molar-refractivity contribution in [1.82, 2.24) is 4.90 Å². The quantitative estimate of drug-likeness (QED) is 0.631. The van der Waals surface area contributed by atoms with Crippen LogP contribution >= 0.6 is 0 Å². The van der Waals surface area contributed by atoms with E-state index in [-0.39, 0.29) is 16.9 Å². The molecule has 114 valence electrons. The second-order valence-electron chi connectivity index (χ2n) is 5.61. The summed E-state index contributed by atoms with van der Waals surface area (Å²) in [5, 5.41) is 10.6. The first kappa shape index (κ1) is 15.4. The van der Waals surface area contributed by atoms with Crippen molar-refractivity contribution in [2.24, 2.45) is 5.41 Å². The largest absolute Gasteiger partial charge is 0.338 e. The molecule has 0 aromatic heterocycles. The van der Waals surface area contributed by atoms with E-state index in [2.05, 4.69) is 13.8 Å². The molecule has 1 saturated heterocycles. The van der Waals surface area contributed by atoms with Crippen molar-refractivity contribution >= 4 is 11.6 Å². The van der Waals surface area contributed by atoms with Crippen LogP contribution in [-0.2, 0) is 0 Å². The lowest BCUT2D eigenvalue weighted by Gasteiger charge is -2.26. The number of likely N-dealkylation sites (tertiary alicyclic amines) is 1. The molecule has 2 rings (SSSR count). The summed E-state index contributed by atoms with van der Waals surface area (Å²) in [5.41, 5.74) is -0.292.